The van der Waals surface area contributed by atoms with Crippen LogP contribution < -0.4 is 15.1 Å². The Morgan fingerprint density at radius 1 is 0.944 bits per heavy atom. The lowest BCUT2D eigenvalue weighted by Gasteiger charge is -2.28. The minimum Gasteiger partial charge on any atom is -0.378 e. The predicted octanol–water partition coefficient (Wildman–Crippen LogP) is 6.18. The van der Waals surface area contributed by atoms with Crippen molar-refractivity contribution in [3.63, 3.8) is 0 Å². The van der Waals surface area contributed by atoms with E-state index in [9.17, 15) is 4.39 Å². The number of nitrogens with zero attached hydrogens (tertiary/aromatic N) is 4. The zero-order chi connectivity index (χ0) is 25.6. The van der Waals surface area contributed by atoms with Crippen LogP contribution in [0.5, 0.6) is 0 Å². The number of thiocarbonyl (C=S) groups is 1. The van der Waals surface area contributed by atoms with E-state index in [0.29, 0.717) is 10.7 Å². The van der Waals surface area contributed by atoms with Gasteiger partial charge in [0.15, 0.2) is 5.11 Å². The number of benzene rings is 2. The highest BCUT2D eigenvalue weighted by Crippen LogP contribution is 2.44. The minimum absolute atomic E-state index is 0.154. The van der Waals surface area contributed by atoms with Gasteiger partial charge in [-0.25, -0.2) is 4.39 Å². The number of rotatable bonds is 5. The van der Waals surface area contributed by atoms with Crippen molar-refractivity contribution in [1.82, 2.24) is 14.9 Å². The van der Waals surface area contributed by atoms with Gasteiger partial charge in [-0.05, 0) is 105 Å². The molecule has 5 nitrogen and oxygen atoms in total. The second-order valence-corrected chi connectivity index (χ2v) is 9.89. The van der Waals surface area contributed by atoms with Crippen LogP contribution in [-0.4, -0.2) is 28.8 Å². The van der Waals surface area contributed by atoms with Crippen molar-refractivity contribution in [1.29, 1.82) is 0 Å². The quantitative estimate of drug-likeness (QED) is 0.332. The van der Waals surface area contributed by atoms with Crippen molar-refractivity contribution in [2.45, 2.75) is 32.9 Å². The lowest BCUT2D eigenvalue weighted by atomic mass is 9.96. The normalized spacial score (nSPS) is 17.4. The summed E-state index contributed by atoms with van der Waals surface area (Å²) in [5, 5.41) is 4.10. The third-order valence-electron chi connectivity index (χ3n) is 6.93. The Balaban J connectivity index is 1.65. The molecule has 1 aliphatic heterocycles. The van der Waals surface area contributed by atoms with Crippen molar-refractivity contribution >= 4 is 28.7 Å². The van der Waals surface area contributed by atoms with Gasteiger partial charge in [0.25, 0.3) is 0 Å². The van der Waals surface area contributed by atoms with Gasteiger partial charge in [-0.2, -0.15) is 0 Å². The molecule has 5 rings (SSSR count). The summed E-state index contributed by atoms with van der Waals surface area (Å²) in [7, 11) is 4.08. The van der Waals surface area contributed by atoms with Crippen molar-refractivity contribution in [3.05, 3.63) is 107 Å². The van der Waals surface area contributed by atoms with Crippen molar-refractivity contribution in [2.75, 3.05) is 23.9 Å². The molecule has 36 heavy (non-hydrogen) atoms. The number of halogens is 1. The summed E-state index contributed by atoms with van der Waals surface area (Å²) >= 11 is 5.85. The molecular weight excluding hydrogens is 469 g/mol. The van der Waals surface area contributed by atoms with Crippen LogP contribution in [0.1, 0.15) is 40.3 Å². The molecule has 2 atom stereocenters. The summed E-state index contributed by atoms with van der Waals surface area (Å²) in [6, 6.07) is 21.6. The average Bonchev–Trinajstić information content (AvgIpc) is 3.36. The summed E-state index contributed by atoms with van der Waals surface area (Å²) < 4.78 is 16.4. The van der Waals surface area contributed by atoms with Crippen LogP contribution >= 0.6 is 12.2 Å². The number of hydrogen-bond acceptors (Lipinski definition) is 3. The molecule has 2 aromatic carbocycles. The SMILES string of the molecule is Cc1cc(N2C(=S)N[C@@H](c3ccccn3)[C@H]2c2cc(C)n(-c3ccc(N(C)C)cc3)c2C)ccc1F. The van der Waals surface area contributed by atoms with Crippen molar-refractivity contribution < 1.29 is 4.39 Å². The molecule has 4 aromatic rings. The Bertz CT molecular complexity index is 1410. The number of aryl methyl sites for hydroxylation is 2. The maximum Gasteiger partial charge on any atom is 0.174 e. The number of nitrogens with one attached hydrogen (secondary N) is 1. The van der Waals surface area contributed by atoms with Gasteiger partial charge in [0.05, 0.1) is 17.8 Å². The van der Waals surface area contributed by atoms with E-state index >= 15 is 0 Å². The number of aromatic nitrogens is 2. The van der Waals surface area contributed by atoms with E-state index in [1.807, 2.05) is 38.4 Å². The highest BCUT2D eigenvalue weighted by atomic mass is 32.1. The monoisotopic (exact) mass is 499 g/mol. The van der Waals surface area contributed by atoms with Gasteiger partial charge in [-0.1, -0.05) is 6.07 Å². The van der Waals surface area contributed by atoms with Crippen molar-refractivity contribution in [3.8, 4) is 5.69 Å². The number of pyridine rings is 1. The first-order chi connectivity index (χ1) is 17.3. The summed E-state index contributed by atoms with van der Waals surface area (Å²) in [4.78, 5) is 8.85. The van der Waals surface area contributed by atoms with Gasteiger partial charge >= 0.3 is 0 Å². The number of hydrogen-bond donors (Lipinski definition) is 1. The highest BCUT2D eigenvalue weighted by Gasteiger charge is 2.42. The van der Waals surface area contributed by atoms with Crippen LogP contribution in [0.25, 0.3) is 5.69 Å². The molecule has 1 saturated heterocycles. The Kier molecular flexibility index (Phi) is 6.26. The van der Waals surface area contributed by atoms with E-state index in [2.05, 4.69) is 68.8 Å². The van der Waals surface area contributed by atoms with Gasteiger partial charge in [-0.15, -0.1) is 0 Å². The maximum atomic E-state index is 14.1. The maximum absolute atomic E-state index is 14.1. The molecule has 3 heterocycles. The molecule has 0 amide bonds. The molecule has 0 radical (unpaired) electrons. The fourth-order valence-electron chi connectivity index (χ4n) is 5.11. The fraction of sp³-hybridized carbons (Fsp3) is 0.241. The van der Waals surface area contributed by atoms with Gasteiger partial charge in [0.2, 0.25) is 0 Å². The lowest BCUT2D eigenvalue weighted by molar-refractivity contribution is 0.564. The average molecular weight is 500 g/mol. The number of anilines is 2. The molecule has 1 fully saturated rings. The lowest BCUT2D eigenvalue weighted by Crippen LogP contribution is -2.29. The van der Waals surface area contributed by atoms with Crippen LogP contribution in [0.2, 0.25) is 0 Å². The minimum atomic E-state index is -0.228. The van der Waals surface area contributed by atoms with Gasteiger partial charge in [0, 0.05) is 48.7 Å². The van der Waals surface area contributed by atoms with E-state index in [1.54, 1.807) is 19.2 Å². The van der Waals surface area contributed by atoms with Crippen LogP contribution in [0.4, 0.5) is 15.8 Å². The smallest absolute Gasteiger partial charge is 0.174 e. The second kappa shape index (κ2) is 9.39. The Morgan fingerprint density at radius 3 is 2.31 bits per heavy atom. The van der Waals surface area contributed by atoms with Crippen LogP contribution in [-0.2, 0) is 0 Å². The first-order valence-electron chi connectivity index (χ1n) is 12.0. The Morgan fingerprint density at radius 2 is 1.67 bits per heavy atom. The summed E-state index contributed by atoms with van der Waals surface area (Å²) in [6.45, 7) is 6.05. The van der Waals surface area contributed by atoms with E-state index in [0.717, 1.165) is 39.7 Å². The molecule has 184 valence electrons. The third kappa shape index (κ3) is 4.13. The molecule has 0 saturated carbocycles. The largest absolute Gasteiger partial charge is 0.378 e. The summed E-state index contributed by atoms with van der Waals surface area (Å²) in [5.41, 5.74) is 8.02. The van der Waals surface area contributed by atoms with Crippen LogP contribution in [0.3, 0.4) is 0 Å². The first-order valence-corrected chi connectivity index (χ1v) is 12.4. The topological polar surface area (TPSA) is 36.3 Å². The summed E-state index contributed by atoms with van der Waals surface area (Å²) in [6.07, 6.45) is 1.80. The molecule has 1 N–H and O–H groups in total. The molecule has 0 aliphatic carbocycles. The standard InChI is InChI=1S/C29H30FN5S/c1-18-16-23(13-14-25(18)30)35-28(27(32-29(35)36)26-8-6-7-15-31-26)24-17-19(2)34(20(24)3)22-11-9-21(10-12-22)33(4)5/h6-17,27-28H,1-5H3,(H,32,36)/t27-,28+/m0/s1. The molecular formula is C29H30FN5S. The predicted molar refractivity (Wildman–Crippen MR) is 149 cm³/mol. The molecule has 7 heteroatoms. The molecule has 1 aliphatic rings. The van der Waals surface area contributed by atoms with Gasteiger partial charge in [-0.3, -0.25) is 4.98 Å². The zero-order valence-corrected chi connectivity index (χ0v) is 22.0. The van der Waals surface area contributed by atoms with E-state index in [-0.39, 0.29) is 17.9 Å². The van der Waals surface area contributed by atoms with Crippen LogP contribution in [0, 0.1) is 26.6 Å². The molecule has 0 unspecified atom stereocenters. The summed E-state index contributed by atoms with van der Waals surface area (Å²) in [5.74, 6) is -0.228. The molecule has 0 spiro atoms. The Hall–Kier alpha value is -3.71. The second-order valence-electron chi connectivity index (χ2n) is 9.50. The first kappa shape index (κ1) is 24.0. The van der Waals surface area contributed by atoms with Gasteiger partial charge < -0.3 is 19.7 Å². The van der Waals surface area contributed by atoms with Crippen molar-refractivity contribution in [2.24, 2.45) is 0 Å². The fourth-order valence-corrected chi connectivity index (χ4v) is 5.46. The Labute approximate surface area is 217 Å². The van der Waals surface area contributed by atoms with E-state index < -0.39 is 0 Å². The van der Waals surface area contributed by atoms with E-state index in [4.69, 9.17) is 12.2 Å². The third-order valence-corrected chi connectivity index (χ3v) is 7.25. The highest BCUT2D eigenvalue weighted by molar-refractivity contribution is 7.80. The molecule has 0 bridgehead atoms. The van der Waals surface area contributed by atoms with Crippen LogP contribution in [0.15, 0.2) is 72.9 Å². The van der Waals surface area contributed by atoms with Gasteiger partial charge in [0.1, 0.15) is 5.82 Å². The zero-order valence-electron chi connectivity index (χ0n) is 21.2. The van der Waals surface area contributed by atoms with E-state index in [1.165, 1.54) is 6.07 Å². The molecule has 2 aromatic heterocycles.